The van der Waals surface area contributed by atoms with Crippen molar-refractivity contribution < 1.29 is 24.2 Å². The van der Waals surface area contributed by atoms with Crippen molar-refractivity contribution in [2.24, 2.45) is 0 Å². The molecular weight excluding hydrogens is 460 g/mol. The molecule has 170 valence electrons. The van der Waals surface area contributed by atoms with Crippen molar-refractivity contribution in [2.75, 3.05) is 0 Å². The second-order valence-electron chi connectivity index (χ2n) is 8.10. The van der Waals surface area contributed by atoms with Gasteiger partial charge in [0.2, 0.25) is 0 Å². The number of nitriles is 3. The van der Waals surface area contributed by atoms with Gasteiger partial charge in [0.15, 0.2) is 17.6 Å². The largest absolute Gasteiger partial charge is 0.478 e. The molecule has 9 nitrogen and oxygen atoms in total. The Bertz CT molecular complexity index is 1560. The van der Waals surface area contributed by atoms with Crippen molar-refractivity contribution in [1.29, 1.82) is 15.8 Å². The molecule has 0 saturated carbocycles. The van der Waals surface area contributed by atoms with Crippen LogP contribution in [0.15, 0.2) is 54.6 Å². The lowest BCUT2D eigenvalue weighted by atomic mass is 9.76. The molecule has 3 aromatic carbocycles. The number of benzene rings is 3. The number of carboxylic acid groups (broad SMARTS) is 1. The van der Waals surface area contributed by atoms with E-state index in [9.17, 15) is 30.5 Å². The number of rotatable bonds is 3. The number of fused-ring (bicyclic) bond motifs is 6. The van der Waals surface area contributed by atoms with E-state index in [-0.39, 0.29) is 28.2 Å². The summed E-state index contributed by atoms with van der Waals surface area (Å²) >= 11 is 0. The van der Waals surface area contributed by atoms with Gasteiger partial charge in [-0.25, -0.2) is 16.2 Å². The molecule has 3 aromatic rings. The van der Waals surface area contributed by atoms with Crippen molar-refractivity contribution >= 4 is 11.9 Å². The lowest BCUT2D eigenvalue weighted by Crippen LogP contribution is -2.33. The van der Waals surface area contributed by atoms with Gasteiger partial charge in [-0.2, -0.15) is 15.8 Å². The highest BCUT2D eigenvalue weighted by Gasteiger charge is 2.54. The Hall–Kier alpha value is -5.64. The summed E-state index contributed by atoms with van der Waals surface area (Å²) in [6.45, 7) is 7.30. The summed E-state index contributed by atoms with van der Waals surface area (Å²) in [5.74, 6) is -2.56. The molecule has 0 aliphatic carbocycles. The van der Waals surface area contributed by atoms with E-state index in [4.69, 9.17) is 16.0 Å². The first-order chi connectivity index (χ1) is 17.4. The van der Waals surface area contributed by atoms with Crippen LogP contribution in [0.2, 0.25) is 0 Å². The van der Waals surface area contributed by atoms with E-state index in [0.29, 0.717) is 22.3 Å². The number of nitrogens with zero attached hydrogens (tertiary/aromatic N) is 4. The monoisotopic (exact) mass is 472 g/mol. The third-order valence-corrected chi connectivity index (χ3v) is 6.26. The quantitative estimate of drug-likeness (QED) is 0.430. The highest BCUT2D eigenvalue weighted by Crippen LogP contribution is 2.56. The lowest BCUT2D eigenvalue weighted by Gasteiger charge is -2.37. The predicted octanol–water partition coefficient (Wildman–Crippen LogP) is 4.57. The van der Waals surface area contributed by atoms with E-state index in [1.54, 1.807) is 24.3 Å². The molecule has 1 spiro atoms. The van der Waals surface area contributed by atoms with E-state index in [0.717, 1.165) is 0 Å². The number of carbonyl (C=O) groups is 2. The first kappa shape index (κ1) is 22.2. The maximum Gasteiger partial charge on any atom is 0.340 e. The number of esters is 1. The van der Waals surface area contributed by atoms with Crippen molar-refractivity contribution in [2.45, 2.75) is 17.6 Å². The fourth-order valence-electron chi connectivity index (χ4n) is 4.59. The molecule has 9 heteroatoms. The number of ether oxygens (including phenoxy) is 2. The van der Waals surface area contributed by atoms with Crippen LogP contribution in [0.5, 0.6) is 11.5 Å². The summed E-state index contributed by atoms with van der Waals surface area (Å²) in [7, 11) is 0. The molecule has 0 radical (unpaired) electrons. The van der Waals surface area contributed by atoms with Crippen LogP contribution in [0.3, 0.4) is 0 Å². The first-order valence-corrected chi connectivity index (χ1v) is 10.5. The van der Waals surface area contributed by atoms with Gasteiger partial charge in [-0.3, -0.25) is 4.85 Å². The number of hydrogen-bond acceptors (Lipinski definition) is 7. The summed E-state index contributed by atoms with van der Waals surface area (Å²) < 4.78 is 12.1. The van der Waals surface area contributed by atoms with Gasteiger partial charge in [0, 0.05) is 16.7 Å². The fourth-order valence-corrected chi connectivity index (χ4v) is 4.59. The van der Waals surface area contributed by atoms with Crippen molar-refractivity contribution in [1.82, 2.24) is 0 Å². The van der Waals surface area contributed by atoms with Crippen molar-refractivity contribution in [3.63, 3.8) is 0 Å². The fraction of sp³-hybridized carbons (Fsp3) is 0.111. The molecule has 5 rings (SSSR count). The average Bonchev–Trinajstić information content (AvgIpc) is 3.17. The molecule has 2 heterocycles. The van der Waals surface area contributed by atoms with E-state index in [1.807, 2.05) is 18.2 Å². The Morgan fingerprint density at radius 2 is 1.56 bits per heavy atom. The van der Waals surface area contributed by atoms with Crippen LogP contribution in [0.1, 0.15) is 60.5 Å². The summed E-state index contributed by atoms with van der Waals surface area (Å²) in [4.78, 5) is 28.0. The minimum Gasteiger partial charge on any atom is -0.478 e. The van der Waals surface area contributed by atoms with Crippen molar-refractivity contribution in [3.05, 3.63) is 105 Å². The number of carboxylic acids is 1. The van der Waals surface area contributed by atoms with Crippen LogP contribution in [-0.2, 0) is 10.3 Å². The van der Waals surface area contributed by atoms with Gasteiger partial charge >= 0.3 is 18.0 Å². The molecule has 0 aromatic heterocycles. The van der Waals surface area contributed by atoms with Gasteiger partial charge in [-0.1, -0.05) is 12.1 Å². The van der Waals surface area contributed by atoms with E-state index in [1.165, 1.54) is 30.3 Å². The number of hydrogen-bond donors (Lipinski definition) is 1. The topological polar surface area (TPSA) is 149 Å². The minimum atomic E-state index is -1.59. The third kappa shape index (κ3) is 2.98. The standard InChI is InChI=1S/C27H12N4O5/c1-31-22(13-30)15-4-7-20-24(10-15)35-23-9-14(17(11-28)12-29)3-6-19(23)27(20)21-8-16(25(32)33)2-5-18(21)26(34)36-27/h2-10,17,22H,(H,32,33). The molecule has 2 unspecified atom stereocenters. The Kier molecular flexibility index (Phi) is 4.92. The SMILES string of the molecule is [C-]#[N+]C(C#N)c1ccc2c(c1)Oc1cc(C(C#N)C#N)ccc1C21OC(=O)c2ccc(C(=O)O)cc21. The molecule has 0 bridgehead atoms. The molecule has 0 fully saturated rings. The lowest BCUT2D eigenvalue weighted by molar-refractivity contribution is 0.0224. The number of aromatic carboxylic acids is 1. The molecule has 2 aliphatic heterocycles. The van der Waals surface area contributed by atoms with Crippen LogP contribution in [0, 0.1) is 40.6 Å². The summed E-state index contributed by atoms with van der Waals surface area (Å²) in [5.41, 5.74) is 0.281. The predicted molar refractivity (Wildman–Crippen MR) is 121 cm³/mol. The van der Waals surface area contributed by atoms with Crippen LogP contribution in [0.4, 0.5) is 0 Å². The zero-order valence-electron chi connectivity index (χ0n) is 18.2. The maximum absolute atomic E-state index is 13.0. The van der Waals surface area contributed by atoms with Gasteiger partial charge in [0.25, 0.3) is 0 Å². The Balaban J connectivity index is 1.84. The van der Waals surface area contributed by atoms with Gasteiger partial charge in [0.05, 0.1) is 28.8 Å². The van der Waals surface area contributed by atoms with Gasteiger partial charge < -0.3 is 14.6 Å². The Morgan fingerprint density at radius 1 is 0.917 bits per heavy atom. The molecule has 2 aliphatic rings. The number of carbonyl (C=O) groups excluding carboxylic acids is 1. The Labute approximate surface area is 204 Å². The molecule has 36 heavy (non-hydrogen) atoms. The van der Waals surface area contributed by atoms with E-state index in [2.05, 4.69) is 4.85 Å². The Morgan fingerprint density at radius 3 is 2.14 bits per heavy atom. The average molecular weight is 472 g/mol. The van der Waals surface area contributed by atoms with Gasteiger partial charge in [-0.15, -0.1) is 0 Å². The summed E-state index contributed by atoms with van der Waals surface area (Å²) in [5, 5.41) is 37.6. The minimum absolute atomic E-state index is 0.0548. The summed E-state index contributed by atoms with van der Waals surface area (Å²) in [6.07, 6.45) is 0. The van der Waals surface area contributed by atoms with Crippen LogP contribution >= 0.6 is 0 Å². The van der Waals surface area contributed by atoms with Crippen molar-refractivity contribution in [3.8, 4) is 29.7 Å². The molecule has 0 amide bonds. The van der Waals surface area contributed by atoms with Crippen LogP contribution in [0.25, 0.3) is 4.85 Å². The normalized spacial score (nSPS) is 17.2. The van der Waals surface area contributed by atoms with E-state index >= 15 is 0 Å². The maximum atomic E-state index is 13.0. The van der Waals surface area contributed by atoms with Gasteiger partial charge in [0.1, 0.15) is 11.5 Å². The van der Waals surface area contributed by atoms with Crippen LogP contribution in [-0.4, -0.2) is 17.0 Å². The molecule has 1 N–H and O–H groups in total. The van der Waals surface area contributed by atoms with Crippen LogP contribution < -0.4 is 4.74 Å². The molecule has 0 saturated heterocycles. The summed E-state index contributed by atoms with van der Waals surface area (Å²) in [6, 6.07) is 17.9. The highest BCUT2D eigenvalue weighted by molar-refractivity contribution is 5.99. The molecular formula is C27H12N4O5. The second kappa shape index (κ2) is 7.99. The highest BCUT2D eigenvalue weighted by atomic mass is 16.6. The van der Waals surface area contributed by atoms with E-state index < -0.39 is 29.5 Å². The second-order valence-corrected chi connectivity index (χ2v) is 8.10. The first-order valence-electron chi connectivity index (χ1n) is 10.5. The zero-order chi connectivity index (χ0) is 25.6. The smallest absolute Gasteiger partial charge is 0.340 e. The molecule has 2 atom stereocenters. The zero-order valence-corrected chi connectivity index (χ0v) is 18.2. The van der Waals surface area contributed by atoms with Gasteiger partial charge in [-0.05, 0) is 48.0 Å². The third-order valence-electron chi connectivity index (χ3n) is 6.26.